The van der Waals surface area contributed by atoms with Crippen molar-refractivity contribution in [3.63, 3.8) is 0 Å². The molecule has 0 atom stereocenters. The van der Waals surface area contributed by atoms with Crippen molar-refractivity contribution < 1.29 is 19.1 Å². The van der Waals surface area contributed by atoms with Gasteiger partial charge in [0.05, 0.1) is 26.2 Å². The van der Waals surface area contributed by atoms with Crippen LogP contribution in [-0.2, 0) is 19.1 Å². The van der Waals surface area contributed by atoms with Gasteiger partial charge in [-0.05, 0) is 13.3 Å². The summed E-state index contributed by atoms with van der Waals surface area (Å²) in [5, 5.41) is 0. The van der Waals surface area contributed by atoms with Crippen LogP contribution in [0.1, 0.15) is 33.6 Å². The molecule has 6 nitrogen and oxygen atoms in total. The van der Waals surface area contributed by atoms with Gasteiger partial charge in [-0.3, -0.25) is 14.5 Å². The van der Waals surface area contributed by atoms with Crippen molar-refractivity contribution in [2.75, 3.05) is 52.5 Å². The molecule has 0 radical (unpaired) electrons. The number of rotatable bonds is 9. The van der Waals surface area contributed by atoms with Gasteiger partial charge >= 0.3 is 5.97 Å². The quantitative estimate of drug-likeness (QED) is 0.598. The first-order valence-corrected chi connectivity index (χ1v) is 8.29. The van der Waals surface area contributed by atoms with Gasteiger partial charge < -0.3 is 14.4 Å². The molecule has 0 N–H and O–H groups in total. The normalized spacial score (nSPS) is 15.8. The molecular formula is C16H30N2O4. The lowest BCUT2D eigenvalue weighted by atomic mass is 10.1. The predicted octanol–water partition coefficient (Wildman–Crippen LogP) is 1.15. The van der Waals surface area contributed by atoms with Crippen LogP contribution in [0.2, 0.25) is 0 Å². The molecule has 1 rings (SSSR count). The number of nitrogens with zero attached hydrogens (tertiary/aromatic N) is 2. The van der Waals surface area contributed by atoms with E-state index in [1.165, 1.54) is 0 Å². The van der Waals surface area contributed by atoms with Gasteiger partial charge in [-0.25, -0.2) is 0 Å². The van der Waals surface area contributed by atoms with Crippen LogP contribution in [0.4, 0.5) is 0 Å². The second kappa shape index (κ2) is 10.6. The Kier molecular flexibility index (Phi) is 9.08. The molecule has 0 spiro atoms. The minimum atomic E-state index is -0.239. The van der Waals surface area contributed by atoms with Crippen molar-refractivity contribution in [3.8, 4) is 0 Å². The van der Waals surface area contributed by atoms with Gasteiger partial charge in [0, 0.05) is 38.6 Å². The van der Waals surface area contributed by atoms with Gasteiger partial charge in [0.25, 0.3) is 0 Å². The summed E-state index contributed by atoms with van der Waals surface area (Å²) in [5.41, 5.74) is 0. The molecule has 0 aromatic carbocycles. The van der Waals surface area contributed by atoms with Gasteiger partial charge in [-0.2, -0.15) is 0 Å². The molecule has 128 valence electrons. The van der Waals surface area contributed by atoms with E-state index in [0.29, 0.717) is 19.7 Å². The van der Waals surface area contributed by atoms with E-state index in [4.69, 9.17) is 9.47 Å². The average Bonchev–Trinajstić information content (AvgIpc) is 2.51. The molecule has 0 aliphatic carbocycles. The average molecular weight is 314 g/mol. The van der Waals surface area contributed by atoms with E-state index in [2.05, 4.69) is 4.90 Å². The van der Waals surface area contributed by atoms with Crippen LogP contribution in [-0.4, -0.2) is 74.2 Å². The first-order valence-electron chi connectivity index (χ1n) is 8.29. The molecule has 0 bridgehead atoms. The number of hydrogen-bond acceptors (Lipinski definition) is 5. The topological polar surface area (TPSA) is 59.1 Å². The Morgan fingerprint density at radius 2 is 1.91 bits per heavy atom. The van der Waals surface area contributed by atoms with Crippen LogP contribution in [0, 0.1) is 5.92 Å². The summed E-state index contributed by atoms with van der Waals surface area (Å²) < 4.78 is 10.3. The molecule has 6 heteroatoms. The molecule has 1 amide bonds. The molecule has 1 aliphatic heterocycles. The molecule has 0 aromatic rings. The Morgan fingerprint density at radius 1 is 1.23 bits per heavy atom. The third-order valence-corrected chi connectivity index (χ3v) is 3.70. The first-order chi connectivity index (χ1) is 10.5. The molecule has 0 aromatic heterocycles. The zero-order valence-corrected chi connectivity index (χ0v) is 14.2. The standard InChI is InChI=1S/C16H30N2O4/c1-4-22-15(19)6-9-18(16(20)14(2)3)8-5-7-17-10-12-21-13-11-17/h14H,4-13H2,1-3H3. The maximum absolute atomic E-state index is 12.2. The minimum Gasteiger partial charge on any atom is -0.466 e. The number of carbonyl (C=O) groups is 2. The van der Waals surface area contributed by atoms with Gasteiger partial charge in [0.2, 0.25) is 5.91 Å². The number of carbonyl (C=O) groups excluding carboxylic acids is 2. The Morgan fingerprint density at radius 3 is 2.50 bits per heavy atom. The van der Waals surface area contributed by atoms with E-state index in [-0.39, 0.29) is 24.2 Å². The number of morpholine rings is 1. The van der Waals surface area contributed by atoms with Crippen molar-refractivity contribution in [2.45, 2.75) is 33.6 Å². The molecular weight excluding hydrogens is 284 g/mol. The van der Waals surface area contributed by atoms with Crippen LogP contribution in [0.15, 0.2) is 0 Å². The zero-order valence-electron chi connectivity index (χ0n) is 14.2. The van der Waals surface area contributed by atoms with Crippen LogP contribution in [0.5, 0.6) is 0 Å². The molecule has 22 heavy (non-hydrogen) atoms. The van der Waals surface area contributed by atoms with Crippen molar-refractivity contribution in [1.29, 1.82) is 0 Å². The Labute approximate surface area is 133 Å². The SMILES string of the molecule is CCOC(=O)CCN(CCCN1CCOCC1)C(=O)C(C)C. The van der Waals surface area contributed by atoms with Gasteiger partial charge in [-0.15, -0.1) is 0 Å². The lowest BCUT2D eigenvalue weighted by Crippen LogP contribution is -2.40. The maximum atomic E-state index is 12.2. The number of esters is 1. The maximum Gasteiger partial charge on any atom is 0.307 e. The van der Waals surface area contributed by atoms with E-state index < -0.39 is 0 Å². The van der Waals surface area contributed by atoms with E-state index >= 15 is 0 Å². The van der Waals surface area contributed by atoms with Gasteiger partial charge in [0.1, 0.15) is 0 Å². The summed E-state index contributed by atoms with van der Waals surface area (Å²) in [6.45, 7) is 11.5. The molecule has 1 aliphatic rings. The Bertz CT molecular complexity index is 341. The molecule has 1 fully saturated rings. The largest absolute Gasteiger partial charge is 0.466 e. The molecule has 1 heterocycles. The van der Waals surface area contributed by atoms with Crippen LogP contribution in [0.3, 0.4) is 0 Å². The highest BCUT2D eigenvalue weighted by Crippen LogP contribution is 2.06. The summed E-state index contributed by atoms with van der Waals surface area (Å²) in [4.78, 5) is 27.9. The minimum absolute atomic E-state index is 0.0504. The highest BCUT2D eigenvalue weighted by molar-refractivity contribution is 5.79. The highest BCUT2D eigenvalue weighted by atomic mass is 16.5. The number of hydrogen-bond donors (Lipinski definition) is 0. The lowest BCUT2D eigenvalue weighted by molar-refractivity contribution is -0.144. The molecule has 0 saturated carbocycles. The predicted molar refractivity (Wildman–Crippen MR) is 84.5 cm³/mol. The summed E-state index contributed by atoms with van der Waals surface area (Å²) in [6.07, 6.45) is 1.19. The monoisotopic (exact) mass is 314 g/mol. The summed E-state index contributed by atoms with van der Waals surface area (Å²) in [7, 11) is 0. The zero-order chi connectivity index (χ0) is 16.4. The van der Waals surface area contributed by atoms with E-state index in [9.17, 15) is 9.59 Å². The fraction of sp³-hybridized carbons (Fsp3) is 0.875. The van der Waals surface area contributed by atoms with E-state index in [0.717, 1.165) is 39.3 Å². The number of amides is 1. The molecule has 1 saturated heterocycles. The van der Waals surface area contributed by atoms with Crippen LogP contribution < -0.4 is 0 Å². The fourth-order valence-electron chi connectivity index (χ4n) is 2.47. The number of ether oxygens (including phenoxy) is 2. The lowest BCUT2D eigenvalue weighted by Gasteiger charge is -2.29. The van der Waals surface area contributed by atoms with Crippen molar-refractivity contribution in [2.24, 2.45) is 5.92 Å². The highest BCUT2D eigenvalue weighted by Gasteiger charge is 2.19. The van der Waals surface area contributed by atoms with Gasteiger partial charge in [-0.1, -0.05) is 13.8 Å². The van der Waals surface area contributed by atoms with E-state index in [1.807, 2.05) is 13.8 Å². The Balaban J connectivity index is 2.36. The van der Waals surface area contributed by atoms with Crippen molar-refractivity contribution in [3.05, 3.63) is 0 Å². The van der Waals surface area contributed by atoms with Crippen molar-refractivity contribution >= 4 is 11.9 Å². The first kappa shape index (κ1) is 18.9. The van der Waals surface area contributed by atoms with Crippen LogP contribution >= 0.6 is 0 Å². The summed E-state index contributed by atoms with van der Waals surface area (Å²) in [5.74, 6) is -0.186. The van der Waals surface area contributed by atoms with Crippen molar-refractivity contribution in [1.82, 2.24) is 9.80 Å². The summed E-state index contributed by atoms with van der Waals surface area (Å²) >= 11 is 0. The molecule has 0 unspecified atom stereocenters. The third-order valence-electron chi connectivity index (χ3n) is 3.70. The van der Waals surface area contributed by atoms with Gasteiger partial charge in [0.15, 0.2) is 0 Å². The van der Waals surface area contributed by atoms with Crippen LogP contribution in [0.25, 0.3) is 0 Å². The van der Waals surface area contributed by atoms with E-state index in [1.54, 1.807) is 11.8 Å². The fourth-order valence-corrected chi connectivity index (χ4v) is 2.47. The third kappa shape index (κ3) is 7.22. The second-order valence-corrected chi connectivity index (χ2v) is 5.84. The summed E-state index contributed by atoms with van der Waals surface area (Å²) in [6, 6.07) is 0. The Hall–Kier alpha value is -1.14. The second-order valence-electron chi connectivity index (χ2n) is 5.84. The smallest absolute Gasteiger partial charge is 0.307 e.